The van der Waals surface area contributed by atoms with Crippen LogP contribution in [0.1, 0.15) is 13.8 Å². The molecule has 0 bridgehead atoms. The van der Waals surface area contributed by atoms with Crippen LogP contribution in [0, 0.1) is 0 Å². The monoisotopic (exact) mass is 297 g/mol. The van der Waals surface area contributed by atoms with Crippen molar-refractivity contribution in [3.63, 3.8) is 0 Å². The molecule has 1 aromatic heterocycles. The molecule has 0 aliphatic rings. The topological polar surface area (TPSA) is 92.4 Å². The van der Waals surface area contributed by atoms with Gasteiger partial charge in [-0.2, -0.15) is 15.0 Å². The zero-order valence-corrected chi connectivity index (χ0v) is 13.5. The number of nitrogens with one attached hydrogen (secondary N) is 1. The molecule has 120 valence electrons. The number of aromatic nitrogens is 3. The number of nitrogens with zero attached hydrogens (tertiary/aromatic N) is 5. The molecule has 8 heteroatoms. The van der Waals surface area contributed by atoms with Crippen LogP contribution in [0.15, 0.2) is 0 Å². The Bertz CT molecular complexity index is 410. The van der Waals surface area contributed by atoms with Gasteiger partial charge < -0.3 is 25.6 Å². The number of ether oxygens (including phenoxy) is 1. The van der Waals surface area contributed by atoms with Crippen LogP contribution in [0.25, 0.3) is 0 Å². The zero-order valence-electron chi connectivity index (χ0n) is 13.5. The molecular formula is C13H27N7O. The summed E-state index contributed by atoms with van der Waals surface area (Å²) in [6.45, 7) is 8.60. The standard InChI is InChI=1S/C13H27N7O/c1-5-20(6-2)13-17-11(14)16-12(18-13)15-7-9-21-10-8-19(3)4/h5-10H2,1-4H3,(H3,14,15,16,17,18). The largest absolute Gasteiger partial charge is 0.378 e. The molecule has 0 spiro atoms. The normalized spacial score (nSPS) is 10.9. The van der Waals surface area contributed by atoms with E-state index in [0.29, 0.717) is 31.7 Å². The summed E-state index contributed by atoms with van der Waals surface area (Å²) in [5.74, 6) is 1.31. The summed E-state index contributed by atoms with van der Waals surface area (Å²) >= 11 is 0. The van der Waals surface area contributed by atoms with Gasteiger partial charge >= 0.3 is 0 Å². The molecule has 1 rings (SSSR count). The predicted molar refractivity (Wildman–Crippen MR) is 85.7 cm³/mol. The molecule has 0 saturated carbocycles. The average molecular weight is 297 g/mol. The fraction of sp³-hybridized carbons (Fsp3) is 0.769. The quantitative estimate of drug-likeness (QED) is 0.595. The Hall–Kier alpha value is -1.67. The van der Waals surface area contributed by atoms with Crippen molar-refractivity contribution in [1.29, 1.82) is 0 Å². The Kier molecular flexibility index (Phi) is 7.70. The van der Waals surface area contributed by atoms with Gasteiger partial charge in [0.25, 0.3) is 0 Å². The Morgan fingerprint density at radius 1 is 1.10 bits per heavy atom. The van der Waals surface area contributed by atoms with Crippen molar-refractivity contribution >= 4 is 17.8 Å². The lowest BCUT2D eigenvalue weighted by Crippen LogP contribution is -2.25. The first-order valence-electron chi connectivity index (χ1n) is 7.29. The number of hydrogen-bond acceptors (Lipinski definition) is 8. The van der Waals surface area contributed by atoms with Crippen LogP contribution in [-0.4, -0.2) is 73.3 Å². The fourth-order valence-corrected chi connectivity index (χ4v) is 1.69. The fourth-order valence-electron chi connectivity index (χ4n) is 1.69. The van der Waals surface area contributed by atoms with Gasteiger partial charge in [0.2, 0.25) is 17.8 Å². The second-order valence-electron chi connectivity index (χ2n) is 4.83. The Morgan fingerprint density at radius 2 is 1.81 bits per heavy atom. The van der Waals surface area contributed by atoms with E-state index < -0.39 is 0 Å². The minimum Gasteiger partial charge on any atom is -0.378 e. The lowest BCUT2D eigenvalue weighted by Gasteiger charge is -2.19. The van der Waals surface area contributed by atoms with E-state index >= 15 is 0 Å². The Morgan fingerprint density at radius 3 is 2.43 bits per heavy atom. The highest BCUT2D eigenvalue weighted by Gasteiger charge is 2.09. The van der Waals surface area contributed by atoms with Gasteiger partial charge in [0.1, 0.15) is 0 Å². The highest BCUT2D eigenvalue weighted by molar-refractivity contribution is 5.41. The second kappa shape index (κ2) is 9.30. The summed E-state index contributed by atoms with van der Waals surface area (Å²) < 4.78 is 5.50. The maximum absolute atomic E-state index is 5.73. The molecule has 0 aliphatic carbocycles. The molecule has 8 nitrogen and oxygen atoms in total. The Labute approximate surface area is 126 Å². The molecule has 0 amide bonds. The van der Waals surface area contributed by atoms with Crippen LogP contribution in [0.5, 0.6) is 0 Å². The van der Waals surface area contributed by atoms with Crippen molar-refractivity contribution in [2.45, 2.75) is 13.8 Å². The molecule has 0 atom stereocenters. The number of hydrogen-bond donors (Lipinski definition) is 2. The second-order valence-corrected chi connectivity index (χ2v) is 4.83. The summed E-state index contributed by atoms with van der Waals surface area (Å²) in [5.41, 5.74) is 5.73. The van der Waals surface area contributed by atoms with Crippen LogP contribution in [0.2, 0.25) is 0 Å². The molecule has 0 aliphatic heterocycles. The molecule has 1 heterocycles. The van der Waals surface area contributed by atoms with Gasteiger partial charge in [0.05, 0.1) is 13.2 Å². The highest BCUT2D eigenvalue weighted by atomic mass is 16.5. The highest BCUT2D eigenvalue weighted by Crippen LogP contribution is 2.11. The van der Waals surface area contributed by atoms with E-state index in [-0.39, 0.29) is 5.95 Å². The summed E-state index contributed by atoms with van der Waals surface area (Å²) in [7, 11) is 4.04. The minimum absolute atomic E-state index is 0.225. The van der Waals surface area contributed by atoms with Crippen molar-refractivity contribution < 1.29 is 4.74 Å². The first-order chi connectivity index (χ1) is 10.1. The number of rotatable bonds is 10. The van der Waals surface area contributed by atoms with Crippen LogP contribution in [-0.2, 0) is 4.74 Å². The van der Waals surface area contributed by atoms with Crippen LogP contribution in [0.3, 0.4) is 0 Å². The molecule has 21 heavy (non-hydrogen) atoms. The smallest absolute Gasteiger partial charge is 0.231 e. The minimum atomic E-state index is 0.225. The lowest BCUT2D eigenvalue weighted by molar-refractivity contribution is 0.126. The SMILES string of the molecule is CCN(CC)c1nc(N)nc(NCCOCCN(C)C)n1. The molecule has 0 aromatic carbocycles. The molecule has 1 aromatic rings. The van der Waals surface area contributed by atoms with E-state index in [1.54, 1.807) is 0 Å². The van der Waals surface area contributed by atoms with Crippen molar-refractivity contribution in [2.24, 2.45) is 0 Å². The lowest BCUT2D eigenvalue weighted by atomic mass is 10.5. The van der Waals surface area contributed by atoms with Gasteiger partial charge in [-0.1, -0.05) is 0 Å². The number of nitrogens with two attached hydrogens (primary N) is 1. The third-order valence-electron chi connectivity index (χ3n) is 2.90. The molecular weight excluding hydrogens is 270 g/mol. The number of nitrogen functional groups attached to an aromatic ring is 1. The summed E-state index contributed by atoms with van der Waals surface area (Å²) in [6.07, 6.45) is 0. The average Bonchev–Trinajstić information content (AvgIpc) is 2.43. The van der Waals surface area contributed by atoms with Gasteiger partial charge in [-0.15, -0.1) is 0 Å². The van der Waals surface area contributed by atoms with Gasteiger partial charge in [0, 0.05) is 26.2 Å². The van der Waals surface area contributed by atoms with Crippen LogP contribution in [0.4, 0.5) is 17.8 Å². The third-order valence-corrected chi connectivity index (χ3v) is 2.90. The van der Waals surface area contributed by atoms with Gasteiger partial charge in [-0.05, 0) is 27.9 Å². The maximum atomic E-state index is 5.73. The summed E-state index contributed by atoms with van der Waals surface area (Å²) in [4.78, 5) is 16.7. The first kappa shape index (κ1) is 17.4. The van der Waals surface area contributed by atoms with E-state index in [2.05, 4.69) is 39.0 Å². The van der Waals surface area contributed by atoms with Gasteiger partial charge in [-0.25, -0.2) is 0 Å². The van der Waals surface area contributed by atoms with Crippen LogP contribution >= 0.6 is 0 Å². The number of anilines is 3. The zero-order chi connectivity index (χ0) is 15.7. The summed E-state index contributed by atoms with van der Waals surface area (Å²) in [6, 6.07) is 0. The van der Waals surface area contributed by atoms with Crippen molar-refractivity contribution in [1.82, 2.24) is 19.9 Å². The molecule has 3 N–H and O–H groups in total. The molecule has 0 unspecified atom stereocenters. The van der Waals surface area contributed by atoms with E-state index in [1.807, 2.05) is 19.0 Å². The van der Waals surface area contributed by atoms with Gasteiger partial charge in [-0.3, -0.25) is 0 Å². The maximum Gasteiger partial charge on any atom is 0.231 e. The van der Waals surface area contributed by atoms with Crippen molar-refractivity contribution in [2.75, 3.05) is 69.4 Å². The van der Waals surface area contributed by atoms with Crippen molar-refractivity contribution in [3.8, 4) is 0 Å². The third kappa shape index (κ3) is 6.54. The van der Waals surface area contributed by atoms with E-state index in [0.717, 1.165) is 19.6 Å². The molecule has 0 fully saturated rings. The number of likely N-dealkylation sites (N-methyl/N-ethyl adjacent to an activating group) is 1. The molecule has 0 saturated heterocycles. The summed E-state index contributed by atoms with van der Waals surface area (Å²) in [5, 5.41) is 3.11. The predicted octanol–water partition coefficient (Wildman–Crippen LogP) is 0.290. The first-order valence-corrected chi connectivity index (χ1v) is 7.29. The van der Waals surface area contributed by atoms with E-state index in [9.17, 15) is 0 Å². The van der Waals surface area contributed by atoms with Crippen LogP contribution < -0.4 is 16.0 Å². The van der Waals surface area contributed by atoms with Crippen molar-refractivity contribution in [3.05, 3.63) is 0 Å². The Balaban J connectivity index is 2.44. The van der Waals surface area contributed by atoms with E-state index in [4.69, 9.17) is 10.5 Å². The molecule has 0 radical (unpaired) electrons. The van der Waals surface area contributed by atoms with E-state index in [1.165, 1.54) is 0 Å². The van der Waals surface area contributed by atoms with Gasteiger partial charge in [0.15, 0.2) is 0 Å².